The van der Waals surface area contributed by atoms with Crippen LogP contribution in [0.4, 0.5) is 42.9 Å². The van der Waals surface area contributed by atoms with E-state index in [2.05, 4.69) is 230 Å². The van der Waals surface area contributed by atoms with E-state index in [-0.39, 0.29) is 11.6 Å². The summed E-state index contributed by atoms with van der Waals surface area (Å²) in [6.07, 6.45) is 0. The molecule has 1 spiro atoms. The van der Waals surface area contributed by atoms with E-state index >= 15 is 8.78 Å². The summed E-state index contributed by atoms with van der Waals surface area (Å²) < 4.78 is 32.7. The zero-order valence-electron chi connectivity index (χ0n) is 43.5. The van der Waals surface area contributed by atoms with Crippen LogP contribution in [0.3, 0.4) is 0 Å². The monoisotopic (exact) mass is 1020 g/mol. The molecule has 14 rings (SSSR count). The Morgan fingerprint density at radius 1 is 0.355 bits per heavy atom. The Morgan fingerprint density at radius 3 is 1.21 bits per heavy atom. The van der Waals surface area contributed by atoms with Crippen LogP contribution in [-0.2, 0) is 5.41 Å². The number of para-hydroxylation sites is 3. The molecular formula is C69H55F2N3Si2. The van der Waals surface area contributed by atoms with E-state index in [1.165, 1.54) is 60.0 Å². The number of nitrogens with zero attached hydrogens (tertiary/aromatic N) is 3. The molecule has 7 heteroatoms. The summed E-state index contributed by atoms with van der Waals surface area (Å²) in [7, 11) is -3.31. The average molecular weight is 1020 g/mol. The highest BCUT2D eigenvalue weighted by atomic mass is 28.3. The first-order valence-electron chi connectivity index (χ1n) is 26.4. The van der Waals surface area contributed by atoms with Crippen molar-refractivity contribution in [3.63, 3.8) is 0 Å². The molecule has 0 fully saturated rings. The summed E-state index contributed by atoms with van der Waals surface area (Å²) in [5, 5.41) is 9.58. The zero-order valence-corrected chi connectivity index (χ0v) is 45.5. The Hall–Kier alpha value is -8.37. The van der Waals surface area contributed by atoms with Gasteiger partial charge < -0.3 is 14.4 Å². The van der Waals surface area contributed by atoms with Crippen LogP contribution in [0.2, 0.25) is 39.3 Å². The summed E-state index contributed by atoms with van der Waals surface area (Å²) >= 11 is 0. The van der Waals surface area contributed by atoms with Crippen molar-refractivity contribution < 1.29 is 8.78 Å². The van der Waals surface area contributed by atoms with Gasteiger partial charge in [-0.05, 0) is 141 Å². The molecule has 2 heterocycles. The van der Waals surface area contributed by atoms with E-state index in [0.29, 0.717) is 0 Å². The van der Waals surface area contributed by atoms with Gasteiger partial charge in [-0.25, -0.2) is 8.78 Å². The fourth-order valence-electron chi connectivity index (χ4n) is 12.9. The third-order valence-electron chi connectivity index (χ3n) is 16.4. The SMILES string of the molecule is C[Si](C)(C)c1ccc(N(c2ccc(F)cc2)c2cc3c(c4ccccc24)-c2c(cc(N(c4ccc(F)cc4)c4ccc([Si](C)(C)C)cc4)c4ccccc24)C32c3ccccc3-n3c4ccccc4c4cccc2c43)cc1. The van der Waals surface area contributed by atoms with E-state index in [9.17, 15) is 0 Å². The number of halogens is 2. The van der Waals surface area contributed by atoms with Crippen molar-refractivity contribution in [1.29, 1.82) is 0 Å². The standard InChI is InChI=1S/C69H55F2N3Si2/c1-75(2,3)50-38-34-48(35-39-50)72(46-30-26-44(70)27-31-46)64-42-60-66(55-19-9-7-16-52(55)64)67-56-20-10-8-17-53(56)65(73(47-32-28-45(71)29-33-47)49-36-40-51(41-37-49)76(4,5)6)43-61(67)69(60)58-22-12-14-25-63(58)74-62-24-13-11-18-54(62)57-21-15-23-59(69)68(57)74/h7-43H,1-6H3. The highest BCUT2D eigenvalue weighted by molar-refractivity contribution is 6.89. The largest absolute Gasteiger partial charge is 0.310 e. The van der Waals surface area contributed by atoms with Crippen molar-refractivity contribution >= 4 is 104 Å². The topological polar surface area (TPSA) is 11.4 Å². The minimum absolute atomic E-state index is 0.280. The second-order valence-electron chi connectivity index (χ2n) is 22.8. The lowest BCUT2D eigenvalue weighted by molar-refractivity contribution is 0.627. The number of fused-ring (bicyclic) bond motifs is 16. The van der Waals surface area contributed by atoms with Gasteiger partial charge in [0.25, 0.3) is 0 Å². The van der Waals surface area contributed by atoms with Gasteiger partial charge in [0.2, 0.25) is 0 Å². The van der Waals surface area contributed by atoms with Gasteiger partial charge >= 0.3 is 0 Å². The van der Waals surface area contributed by atoms with Crippen LogP contribution in [0.25, 0.3) is 60.2 Å². The molecule has 1 aliphatic carbocycles. The molecule has 0 unspecified atom stereocenters. The normalized spacial score (nSPS) is 13.4. The first-order valence-corrected chi connectivity index (χ1v) is 33.4. The molecule has 0 atom stereocenters. The highest BCUT2D eigenvalue weighted by Gasteiger charge is 2.53. The molecule has 12 aromatic rings. The fourth-order valence-corrected chi connectivity index (χ4v) is 15.2. The molecule has 0 saturated carbocycles. The van der Waals surface area contributed by atoms with Gasteiger partial charge in [0.15, 0.2) is 0 Å². The Labute approximate surface area is 444 Å². The van der Waals surface area contributed by atoms with Gasteiger partial charge in [0, 0.05) is 44.3 Å². The summed E-state index contributed by atoms with van der Waals surface area (Å²) in [6, 6.07) is 79.5. The fraction of sp³-hybridized carbons (Fsp3) is 0.101. The average Bonchev–Trinajstić information content (AvgIpc) is 3.98. The number of benzene rings is 11. The molecule has 1 aliphatic heterocycles. The first kappa shape index (κ1) is 46.2. The van der Waals surface area contributed by atoms with Crippen LogP contribution in [-0.4, -0.2) is 20.7 Å². The smallest absolute Gasteiger partial charge is 0.123 e. The van der Waals surface area contributed by atoms with E-state index in [1.807, 2.05) is 24.3 Å². The van der Waals surface area contributed by atoms with Crippen LogP contribution >= 0.6 is 0 Å². The van der Waals surface area contributed by atoms with Gasteiger partial charge in [0.1, 0.15) is 11.6 Å². The van der Waals surface area contributed by atoms with E-state index < -0.39 is 21.6 Å². The van der Waals surface area contributed by atoms with Crippen LogP contribution in [0.15, 0.2) is 224 Å². The molecule has 0 saturated heterocycles. The summed E-state index contributed by atoms with van der Waals surface area (Å²) in [5.74, 6) is -0.560. The first-order chi connectivity index (χ1) is 36.8. The van der Waals surface area contributed by atoms with Crippen LogP contribution in [0, 0.1) is 11.6 Å². The third kappa shape index (κ3) is 6.74. The zero-order chi connectivity index (χ0) is 51.8. The molecule has 1 aromatic heterocycles. The maximum absolute atomic E-state index is 15.1. The van der Waals surface area contributed by atoms with E-state index in [1.54, 1.807) is 24.3 Å². The molecule has 0 amide bonds. The van der Waals surface area contributed by atoms with Crippen molar-refractivity contribution in [3.8, 4) is 16.8 Å². The Morgan fingerprint density at radius 2 is 0.737 bits per heavy atom. The van der Waals surface area contributed by atoms with E-state index in [0.717, 1.165) is 66.9 Å². The molecular weight excluding hydrogens is 965 g/mol. The van der Waals surface area contributed by atoms with Gasteiger partial charge in [-0.1, -0.05) is 177 Å². The predicted molar refractivity (Wildman–Crippen MR) is 322 cm³/mol. The predicted octanol–water partition coefficient (Wildman–Crippen LogP) is 18.1. The van der Waals surface area contributed by atoms with Crippen LogP contribution in [0.5, 0.6) is 0 Å². The maximum Gasteiger partial charge on any atom is 0.123 e. The second kappa shape index (κ2) is 16.8. The van der Waals surface area contributed by atoms with Crippen LogP contribution in [0.1, 0.15) is 22.3 Å². The summed E-state index contributed by atoms with van der Waals surface area (Å²) in [4.78, 5) is 4.67. The Balaban J connectivity index is 1.17. The molecule has 3 nitrogen and oxygen atoms in total. The molecule has 0 bridgehead atoms. The molecule has 11 aromatic carbocycles. The molecule has 0 N–H and O–H groups in total. The summed E-state index contributed by atoms with van der Waals surface area (Å²) in [5.41, 5.74) is 15.4. The van der Waals surface area contributed by atoms with Gasteiger partial charge in [-0.3, -0.25) is 0 Å². The number of hydrogen-bond donors (Lipinski definition) is 0. The molecule has 76 heavy (non-hydrogen) atoms. The quantitative estimate of drug-likeness (QED) is 0.141. The van der Waals surface area contributed by atoms with Crippen molar-refractivity contribution in [2.75, 3.05) is 9.80 Å². The van der Waals surface area contributed by atoms with Gasteiger partial charge in [0.05, 0.1) is 49.7 Å². The number of aromatic nitrogens is 1. The number of rotatable bonds is 8. The maximum atomic E-state index is 15.1. The third-order valence-corrected chi connectivity index (χ3v) is 20.5. The van der Waals surface area contributed by atoms with E-state index in [4.69, 9.17) is 0 Å². The lowest BCUT2D eigenvalue weighted by Crippen LogP contribution is -2.37. The highest BCUT2D eigenvalue weighted by Crippen LogP contribution is 2.65. The number of anilines is 6. The number of hydrogen-bond acceptors (Lipinski definition) is 2. The summed E-state index contributed by atoms with van der Waals surface area (Å²) in [6.45, 7) is 14.3. The van der Waals surface area contributed by atoms with Crippen molar-refractivity contribution in [2.45, 2.75) is 44.7 Å². The molecule has 2 aliphatic rings. The van der Waals surface area contributed by atoms with Gasteiger partial charge in [-0.2, -0.15) is 0 Å². The molecule has 368 valence electrons. The van der Waals surface area contributed by atoms with Crippen molar-refractivity contribution in [1.82, 2.24) is 4.57 Å². The second-order valence-corrected chi connectivity index (χ2v) is 32.9. The van der Waals surface area contributed by atoms with Crippen LogP contribution < -0.4 is 20.2 Å². The minimum atomic E-state index is -1.66. The van der Waals surface area contributed by atoms with Crippen molar-refractivity contribution in [2.24, 2.45) is 0 Å². The Kier molecular flexibility index (Phi) is 10.2. The Bertz CT molecular complexity index is 4120. The lowest BCUT2D eigenvalue weighted by Gasteiger charge is -2.40. The lowest BCUT2D eigenvalue weighted by atomic mass is 9.65. The minimum Gasteiger partial charge on any atom is -0.310 e. The van der Waals surface area contributed by atoms with Crippen molar-refractivity contribution in [3.05, 3.63) is 258 Å². The van der Waals surface area contributed by atoms with Gasteiger partial charge in [-0.15, -0.1) is 0 Å². The molecule has 0 radical (unpaired) electrons.